The topological polar surface area (TPSA) is 47.9 Å². The first kappa shape index (κ1) is 31.3. The summed E-state index contributed by atoms with van der Waals surface area (Å²) in [4.78, 5) is 0. The minimum Gasteiger partial charge on any atom is -0.508 e. The lowest BCUT2D eigenvalue weighted by atomic mass is 9.72. The van der Waals surface area contributed by atoms with Gasteiger partial charge in [-0.3, -0.25) is 0 Å². The summed E-state index contributed by atoms with van der Waals surface area (Å²) < 4.78 is 20.2. The van der Waals surface area contributed by atoms with Gasteiger partial charge in [0.25, 0.3) is 0 Å². The van der Waals surface area contributed by atoms with Crippen LogP contribution in [0.1, 0.15) is 70.9 Å². The van der Waals surface area contributed by atoms with E-state index in [1.165, 1.54) is 31.3 Å². The average Bonchev–Trinajstić information content (AvgIpc) is 2.67. The van der Waals surface area contributed by atoms with Gasteiger partial charge in [0.05, 0.1) is 0 Å². The summed E-state index contributed by atoms with van der Waals surface area (Å²) in [5.41, 5.74) is 3.50. The van der Waals surface area contributed by atoms with E-state index < -0.39 is 25.4 Å². The Morgan fingerprint density at radius 2 is 1.58 bits per heavy atom. The molecule has 0 unspecified atom stereocenters. The molecule has 1 aromatic carbocycles. The first-order valence-corrected chi connectivity index (χ1v) is 23.2. The van der Waals surface area contributed by atoms with Gasteiger partial charge in [-0.15, -0.1) is 0 Å². The smallest absolute Gasteiger partial charge is 0.508 e. The van der Waals surface area contributed by atoms with Gasteiger partial charge in [-0.1, -0.05) is 45.3 Å². The number of hydrogen-bond acceptors (Lipinski definition) is 4. The Bertz CT molecular complexity index is 868. The maximum atomic E-state index is 11.4. The second-order valence-electron chi connectivity index (χ2n) is 13.3. The molecule has 0 spiro atoms. The molecule has 0 saturated carbocycles. The maximum absolute atomic E-state index is 11.4. The summed E-state index contributed by atoms with van der Waals surface area (Å²) in [7, 11) is -6.86. The molecule has 1 aromatic rings. The molecule has 2 rings (SSSR count). The molecule has 0 amide bonds. The van der Waals surface area contributed by atoms with Crippen molar-refractivity contribution < 1.29 is 17.8 Å². The molecule has 1 aliphatic rings. The predicted molar refractivity (Wildman–Crippen MR) is 161 cm³/mol. The Morgan fingerprint density at radius 3 is 2.11 bits per heavy atom. The lowest BCUT2D eigenvalue weighted by Crippen LogP contribution is -2.57. The van der Waals surface area contributed by atoms with Gasteiger partial charge < -0.3 is 17.8 Å². The number of allylic oxidation sites excluding steroid dienone is 2. The number of hydrogen-bond donors (Lipinski definition) is 1. The van der Waals surface area contributed by atoms with Crippen LogP contribution in [0.2, 0.25) is 45.8 Å². The molecule has 0 saturated heterocycles. The number of benzene rings is 1. The number of phenolic OH excluding ortho intramolecular Hbond substituents is 1. The van der Waals surface area contributed by atoms with Crippen molar-refractivity contribution in [2.75, 3.05) is 0 Å². The van der Waals surface area contributed by atoms with Crippen LogP contribution in [-0.4, -0.2) is 30.5 Å². The van der Waals surface area contributed by atoms with Gasteiger partial charge in [-0.2, -0.15) is 0 Å². The Kier molecular flexibility index (Phi) is 11.1. The summed E-state index contributed by atoms with van der Waals surface area (Å²) >= 11 is 0. The zero-order valence-corrected chi connectivity index (χ0v) is 28.1. The van der Waals surface area contributed by atoms with Gasteiger partial charge in [-0.05, 0) is 114 Å². The lowest BCUT2D eigenvalue weighted by Gasteiger charge is -2.38. The van der Waals surface area contributed by atoms with E-state index in [2.05, 4.69) is 85.7 Å². The van der Waals surface area contributed by atoms with E-state index in [-0.39, 0.29) is 0 Å². The lowest BCUT2D eigenvalue weighted by molar-refractivity contribution is 0.251. The third-order valence-corrected chi connectivity index (χ3v) is 15.3. The van der Waals surface area contributed by atoms with Crippen molar-refractivity contribution in [3.63, 3.8) is 0 Å². The van der Waals surface area contributed by atoms with Crippen LogP contribution < -0.4 is 4.43 Å². The van der Waals surface area contributed by atoms with E-state index in [9.17, 15) is 5.11 Å². The predicted octanol–water partition coefficient (Wildman–Crippen LogP) is 8.95. The molecule has 0 aromatic heterocycles. The fourth-order valence-corrected chi connectivity index (χ4v) is 15.9. The quantitative estimate of drug-likeness (QED) is 0.151. The molecule has 0 bridgehead atoms. The van der Waals surface area contributed by atoms with Gasteiger partial charge in [0, 0.05) is 12.1 Å². The first-order chi connectivity index (χ1) is 16.5. The first-order valence-electron chi connectivity index (χ1n) is 14.1. The van der Waals surface area contributed by atoms with Crippen molar-refractivity contribution in [3.8, 4) is 11.5 Å². The SMILES string of the molecule is CCCCCc1cc(O)c(C[C@@H]2C=C(C)CC[C@H]2C(C)C)c(O[Si](C)(O[Si](C)(C)C)O[Si](C)(C)C)c1. The van der Waals surface area contributed by atoms with Gasteiger partial charge in [0.15, 0.2) is 16.6 Å². The molecule has 0 fully saturated rings. The highest BCUT2D eigenvalue weighted by Gasteiger charge is 2.45. The van der Waals surface area contributed by atoms with Crippen molar-refractivity contribution in [1.29, 1.82) is 0 Å². The van der Waals surface area contributed by atoms with E-state index in [0.717, 1.165) is 36.1 Å². The molecule has 4 nitrogen and oxygen atoms in total. The van der Waals surface area contributed by atoms with Crippen LogP contribution in [0.15, 0.2) is 23.8 Å². The zero-order valence-electron chi connectivity index (χ0n) is 25.1. The highest BCUT2D eigenvalue weighted by atomic mass is 28.5. The second kappa shape index (κ2) is 12.8. The molecular weight excluding hydrogens is 497 g/mol. The van der Waals surface area contributed by atoms with Crippen LogP contribution in [-0.2, 0) is 21.1 Å². The van der Waals surface area contributed by atoms with E-state index in [1.807, 2.05) is 6.07 Å². The van der Waals surface area contributed by atoms with Crippen molar-refractivity contribution in [2.45, 2.75) is 118 Å². The fraction of sp³-hybridized carbons (Fsp3) is 0.724. The van der Waals surface area contributed by atoms with Crippen molar-refractivity contribution in [3.05, 3.63) is 34.9 Å². The zero-order chi connectivity index (χ0) is 27.3. The molecule has 1 N–H and O–H groups in total. The summed E-state index contributed by atoms with van der Waals surface area (Å²) in [5, 5.41) is 11.4. The summed E-state index contributed by atoms with van der Waals surface area (Å²) in [6, 6.07) is 4.14. The molecule has 36 heavy (non-hydrogen) atoms. The van der Waals surface area contributed by atoms with E-state index in [0.29, 0.717) is 23.5 Å². The summed E-state index contributed by atoms with van der Waals surface area (Å²) in [5.74, 6) is 2.72. The molecular formula is C29H54O4Si3. The van der Waals surface area contributed by atoms with Crippen LogP contribution in [0.3, 0.4) is 0 Å². The van der Waals surface area contributed by atoms with Gasteiger partial charge in [0.1, 0.15) is 11.5 Å². The standard InChI is InChI=1S/C29H54O4Si3/c1-12-13-14-15-24-19-28(30)27(21-25-18-23(4)16-17-26(25)22(2)3)29(20-24)31-36(11,32-34(5,6)7)33-35(8,9)10/h18-20,22,25-26,30H,12-17,21H2,1-11H3/t25-,26-/m0/s1. The molecule has 1 aliphatic carbocycles. The second-order valence-corrected chi connectivity index (χ2v) is 25.3. The van der Waals surface area contributed by atoms with Crippen LogP contribution in [0.4, 0.5) is 0 Å². The summed E-state index contributed by atoms with van der Waals surface area (Å²) in [6.45, 7) is 24.3. The van der Waals surface area contributed by atoms with Crippen LogP contribution in [0.5, 0.6) is 11.5 Å². The highest BCUT2D eigenvalue weighted by Crippen LogP contribution is 2.41. The van der Waals surface area contributed by atoms with Crippen LogP contribution in [0.25, 0.3) is 0 Å². The number of aromatic hydroxyl groups is 1. The number of phenols is 1. The maximum Gasteiger partial charge on any atom is 0.541 e. The number of rotatable bonds is 13. The molecule has 7 heteroatoms. The van der Waals surface area contributed by atoms with Crippen LogP contribution in [0, 0.1) is 17.8 Å². The average molecular weight is 551 g/mol. The van der Waals surface area contributed by atoms with Crippen LogP contribution >= 0.6 is 0 Å². The summed E-state index contributed by atoms with van der Waals surface area (Å²) in [6.07, 6.45) is 10.0. The molecule has 206 valence electrons. The molecule has 0 radical (unpaired) electrons. The van der Waals surface area contributed by atoms with Crippen molar-refractivity contribution in [2.24, 2.45) is 17.8 Å². The third kappa shape index (κ3) is 10.1. The normalized spacial score (nSPS) is 19.5. The Balaban J connectivity index is 2.54. The molecule has 2 atom stereocenters. The monoisotopic (exact) mass is 550 g/mol. The number of aryl methyl sites for hydroxylation is 1. The van der Waals surface area contributed by atoms with Gasteiger partial charge in [0.2, 0.25) is 0 Å². The number of unbranched alkanes of at least 4 members (excludes halogenated alkanes) is 2. The fourth-order valence-electron chi connectivity index (χ4n) is 5.53. The van der Waals surface area contributed by atoms with E-state index in [1.54, 1.807) is 0 Å². The molecule has 0 heterocycles. The Labute approximate surface area is 225 Å². The highest BCUT2D eigenvalue weighted by molar-refractivity contribution is 6.85. The van der Waals surface area contributed by atoms with E-state index >= 15 is 0 Å². The van der Waals surface area contributed by atoms with Gasteiger partial charge in [-0.25, -0.2) is 0 Å². The van der Waals surface area contributed by atoms with Gasteiger partial charge >= 0.3 is 8.80 Å². The largest absolute Gasteiger partial charge is 0.541 e. The third-order valence-electron chi connectivity index (χ3n) is 6.81. The minimum atomic E-state index is -3.00. The Hall–Kier alpha value is -0.869. The van der Waals surface area contributed by atoms with Crippen molar-refractivity contribution in [1.82, 2.24) is 0 Å². The molecule has 0 aliphatic heterocycles. The minimum absolute atomic E-state index is 0.357. The van der Waals surface area contributed by atoms with E-state index in [4.69, 9.17) is 12.7 Å². The Morgan fingerprint density at radius 1 is 0.972 bits per heavy atom. The van der Waals surface area contributed by atoms with Crippen molar-refractivity contribution >= 4 is 25.4 Å².